The van der Waals surface area contributed by atoms with Crippen LogP contribution in [-0.4, -0.2) is 19.5 Å². The summed E-state index contributed by atoms with van der Waals surface area (Å²) in [4.78, 5) is 12.0. The molecule has 3 aromatic rings. The van der Waals surface area contributed by atoms with Gasteiger partial charge in [-0.1, -0.05) is 5.16 Å². The molecule has 0 aliphatic heterocycles. The fourth-order valence-electron chi connectivity index (χ4n) is 2.29. The van der Waals surface area contributed by atoms with E-state index in [-0.39, 0.29) is 16.7 Å². The number of aryl methyl sites for hydroxylation is 2. The Morgan fingerprint density at radius 2 is 1.79 bits per heavy atom. The number of anilines is 2. The largest absolute Gasteiger partial charge is 0.462 e. The minimum Gasteiger partial charge on any atom is -0.462 e. The second kappa shape index (κ2) is 7.73. The highest BCUT2D eigenvalue weighted by atomic mass is 32.2. The third kappa shape index (κ3) is 4.49. The molecule has 2 heterocycles. The maximum Gasteiger partial charge on any atom is 0.264 e. The molecule has 1 aromatic carbocycles. The maximum atomic E-state index is 12.5. The third-order valence-electron chi connectivity index (χ3n) is 3.98. The number of hydrogen-bond donors (Lipinski definition) is 2. The molecule has 0 radical (unpaired) electrons. The van der Waals surface area contributed by atoms with Crippen molar-refractivity contribution in [3.8, 4) is 0 Å². The van der Waals surface area contributed by atoms with Crippen LogP contribution < -0.4 is 10.0 Å². The van der Waals surface area contributed by atoms with Crippen LogP contribution in [0, 0.1) is 20.8 Å². The molecule has 146 valence electrons. The van der Waals surface area contributed by atoms with Gasteiger partial charge in [-0.25, -0.2) is 13.1 Å². The molecule has 0 aliphatic carbocycles. The van der Waals surface area contributed by atoms with Crippen molar-refractivity contribution in [2.45, 2.75) is 25.7 Å². The first-order valence-electron chi connectivity index (χ1n) is 8.36. The summed E-state index contributed by atoms with van der Waals surface area (Å²) < 4.78 is 37.6. The van der Waals surface area contributed by atoms with E-state index in [1.54, 1.807) is 32.1 Å². The minimum absolute atomic E-state index is 0.0283. The number of carbonyl (C=O) groups excluding carboxylic acids is 1. The Morgan fingerprint density at radius 3 is 2.36 bits per heavy atom. The average molecular weight is 401 g/mol. The van der Waals surface area contributed by atoms with Gasteiger partial charge in [-0.05, 0) is 63.2 Å². The van der Waals surface area contributed by atoms with E-state index in [0.717, 1.165) is 5.76 Å². The van der Waals surface area contributed by atoms with Gasteiger partial charge < -0.3 is 14.3 Å². The van der Waals surface area contributed by atoms with E-state index in [4.69, 9.17) is 8.94 Å². The monoisotopic (exact) mass is 401 g/mol. The molecule has 2 N–H and O–H groups in total. The quantitative estimate of drug-likeness (QED) is 0.610. The molecule has 0 unspecified atom stereocenters. The summed E-state index contributed by atoms with van der Waals surface area (Å²) in [5, 5.41) is 6.37. The number of nitrogens with zero attached hydrogens (tertiary/aromatic N) is 1. The molecule has 28 heavy (non-hydrogen) atoms. The number of carbonyl (C=O) groups is 1. The zero-order chi connectivity index (χ0) is 20.3. The van der Waals surface area contributed by atoms with Crippen LogP contribution in [0.3, 0.4) is 0 Å². The van der Waals surface area contributed by atoms with Gasteiger partial charge in [0, 0.05) is 17.3 Å². The molecule has 0 bridgehead atoms. The lowest BCUT2D eigenvalue weighted by Gasteiger charge is -2.07. The van der Waals surface area contributed by atoms with E-state index in [0.29, 0.717) is 22.7 Å². The SMILES string of the molecule is Cc1ccc(/C=C/C(=O)Nc2ccc(S(=O)(=O)Nc3onc(C)c3C)cc2)o1. The third-order valence-corrected chi connectivity index (χ3v) is 5.32. The Morgan fingerprint density at radius 1 is 1.07 bits per heavy atom. The van der Waals surface area contributed by atoms with Crippen molar-refractivity contribution < 1.29 is 22.2 Å². The zero-order valence-corrected chi connectivity index (χ0v) is 16.3. The number of aromatic nitrogens is 1. The van der Waals surface area contributed by atoms with E-state index in [1.807, 2.05) is 6.92 Å². The molecule has 1 amide bonds. The smallest absolute Gasteiger partial charge is 0.264 e. The van der Waals surface area contributed by atoms with Crippen molar-refractivity contribution in [3.05, 3.63) is 65.3 Å². The fourth-order valence-corrected chi connectivity index (χ4v) is 3.34. The standard InChI is InChI=1S/C19H19N3O5S/c1-12-4-7-16(26-12)8-11-18(23)20-15-5-9-17(10-6-15)28(24,25)22-19-13(2)14(3)21-27-19/h4-11,22H,1-3H3,(H,20,23)/b11-8+. The molecule has 9 heteroatoms. The van der Waals surface area contributed by atoms with Gasteiger partial charge in [0.25, 0.3) is 10.0 Å². The van der Waals surface area contributed by atoms with Gasteiger partial charge in [0.2, 0.25) is 11.8 Å². The fraction of sp³-hybridized carbons (Fsp3) is 0.158. The van der Waals surface area contributed by atoms with E-state index < -0.39 is 10.0 Å². The predicted molar refractivity (Wildman–Crippen MR) is 104 cm³/mol. The Balaban J connectivity index is 1.66. The summed E-state index contributed by atoms with van der Waals surface area (Å²) in [6.07, 6.45) is 2.88. The second-order valence-corrected chi connectivity index (χ2v) is 7.81. The van der Waals surface area contributed by atoms with Crippen LogP contribution in [0.1, 0.15) is 22.8 Å². The maximum absolute atomic E-state index is 12.5. The number of rotatable bonds is 6. The molecule has 0 spiro atoms. The Labute approximate surface area is 162 Å². The van der Waals surface area contributed by atoms with Gasteiger partial charge in [0.1, 0.15) is 11.5 Å². The summed E-state index contributed by atoms with van der Waals surface area (Å²) in [6, 6.07) is 9.31. The molecular weight excluding hydrogens is 382 g/mol. The Kier molecular flexibility index (Phi) is 5.36. The second-order valence-electron chi connectivity index (χ2n) is 6.12. The summed E-state index contributed by atoms with van der Waals surface area (Å²) in [5.41, 5.74) is 1.68. The van der Waals surface area contributed by atoms with Crippen molar-refractivity contribution in [2.24, 2.45) is 0 Å². The van der Waals surface area contributed by atoms with Crippen molar-refractivity contribution in [2.75, 3.05) is 10.0 Å². The van der Waals surface area contributed by atoms with E-state index in [9.17, 15) is 13.2 Å². The number of benzene rings is 1. The number of hydrogen-bond acceptors (Lipinski definition) is 6. The normalized spacial score (nSPS) is 11.7. The van der Waals surface area contributed by atoms with E-state index in [2.05, 4.69) is 15.2 Å². The van der Waals surface area contributed by atoms with Gasteiger partial charge >= 0.3 is 0 Å². The molecule has 8 nitrogen and oxygen atoms in total. The van der Waals surface area contributed by atoms with Crippen molar-refractivity contribution in [1.29, 1.82) is 0 Å². The van der Waals surface area contributed by atoms with Gasteiger partial charge in [-0.2, -0.15) is 0 Å². The Bertz CT molecular complexity index is 1120. The lowest BCUT2D eigenvalue weighted by atomic mass is 10.3. The molecule has 0 saturated carbocycles. The molecule has 3 rings (SSSR count). The number of furan rings is 1. The Hall–Kier alpha value is -3.33. The van der Waals surface area contributed by atoms with Crippen LogP contribution >= 0.6 is 0 Å². The van der Waals surface area contributed by atoms with Gasteiger partial charge in [0.15, 0.2) is 0 Å². The summed E-state index contributed by atoms with van der Waals surface area (Å²) in [6.45, 7) is 5.24. The molecule has 0 aliphatic rings. The predicted octanol–water partition coefficient (Wildman–Crippen LogP) is 3.65. The van der Waals surface area contributed by atoms with Crippen LogP contribution in [-0.2, 0) is 14.8 Å². The van der Waals surface area contributed by atoms with Crippen LogP contribution in [0.4, 0.5) is 11.6 Å². The average Bonchev–Trinajstić information content (AvgIpc) is 3.20. The molecule has 0 saturated heterocycles. The van der Waals surface area contributed by atoms with Crippen LogP contribution in [0.5, 0.6) is 0 Å². The van der Waals surface area contributed by atoms with Crippen LogP contribution in [0.2, 0.25) is 0 Å². The molecule has 0 atom stereocenters. The number of nitrogens with one attached hydrogen (secondary N) is 2. The number of sulfonamides is 1. The minimum atomic E-state index is -3.83. The van der Waals surface area contributed by atoms with E-state index in [1.165, 1.54) is 30.3 Å². The summed E-state index contributed by atoms with van der Waals surface area (Å²) in [7, 11) is -3.83. The first-order chi connectivity index (χ1) is 13.2. The van der Waals surface area contributed by atoms with Crippen LogP contribution in [0.25, 0.3) is 6.08 Å². The van der Waals surface area contributed by atoms with Crippen molar-refractivity contribution in [1.82, 2.24) is 5.16 Å². The van der Waals surface area contributed by atoms with Gasteiger partial charge in [-0.3, -0.25) is 4.79 Å². The lowest BCUT2D eigenvalue weighted by Crippen LogP contribution is -2.13. The summed E-state index contributed by atoms with van der Waals surface area (Å²) in [5.74, 6) is 1.03. The van der Waals surface area contributed by atoms with Crippen LogP contribution in [0.15, 0.2) is 56.3 Å². The first-order valence-corrected chi connectivity index (χ1v) is 9.84. The topological polar surface area (TPSA) is 114 Å². The highest BCUT2D eigenvalue weighted by Gasteiger charge is 2.19. The van der Waals surface area contributed by atoms with Crippen molar-refractivity contribution >= 4 is 33.6 Å². The zero-order valence-electron chi connectivity index (χ0n) is 15.5. The van der Waals surface area contributed by atoms with E-state index >= 15 is 0 Å². The molecule has 2 aromatic heterocycles. The molecular formula is C19H19N3O5S. The summed E-state index contributed by atoms with van der Waals surface area (Å²) >= 11 is 0. The first kappa shape index (κ1) is 19.4. The molecule has 0 fully saturated rings. The van der Waals surface area contributed by atoms with Gasteiger partial charge in [-0.15, -0.1) is 0 Å². The lowest BCUT2D eigenvalue weighted by molar-refractivity contribution is -0.111. The van der Waals surface area contributed by atoms with Crippen molar-refractivity contribution in [3.63, 3.8) is 0 Å². The highest BCUT2D eigenvalue weighted by Crippen LogP contribution is 2.22. The number of amides is 1. The highest BCUT2D eigenvalue weighted by molar-refractivity contribution is 7.92. The van der Waals surface area contributed by atoms with Gasteiger partial charge in [0.05, 0.1) is 10.6 Å².